The Morgan fingerprint density at radius 3 is 2.29 bits per heavy atom. The summed E-state index contributed by atoms with van der Waals surface area (Å²) in [6.07, 6.45) is 1.53. The zero-order valence-electron chi connectivity index (χ0n) is 8.64. The highest BCUT2D eigenvalue weighted by Gasteiger charge is 2.29. The summed E-state index contributed by atoms with van der Waals surface area (Å²) in [7, 11) is 3.52. The third kappa shape index (κ3) is 3.08. The van der Waals surface area contributed by atoms with Crippen molar-refractivity contribution >= 4 is 22.5 Å². The van der Waals surface area contributed by atoms with Crippen LogP contribution in [0, 0.1) is 0 Å². The van der Waals surface area contributed by atoms with E-state index in [0.29, 0.717) is 0 Å². The molecule has 0 aromatic heterocycles. The first-order chi connectivity index (χ1) is 6.45. The maximum atomic E-state index is 11.5. The summed E-state index contributed by atoms with van der Waals surface area (Å²) in [5, 5.41) is 9.99. The maximum Gasteiger partial charge on any atom is 0.245 e. The van der Waals surface area contributed by atoms with Gasteiger partial charge in [-0.1, -0.05) is 0 Å². The van der Waals surface area contributed by atoms with Gasteiger partial charge < -0.3 is 10.2 Å². The molecule has 2 N–H and O–H groups in total. The zero-order chi connectivity index (χ0) is 11.3. The molecule has 7 heteroatoms. The van der Waals surface area contributed by atoms with Gasteiger partial charge in [-0.25, -0.2) is 0 Å². The Labute approximate surface area is 85.3 Å². The van der Waals surface area contributed by atoms with Crippen molar-refractivity contribution in [2.75, 3.05) is 27.4 Å². The van der Waals surface area contributed by atoms with Crippen LogP contribution in [0.3, 0.4) is 0 Å². The van der Waals surface area contributed by atoms with E-state index in [4.69, 9.17) is 5.21 Å². The van der Waals surface area contributed by atoms with Gasteiger partial charge in [-0.2, -0.15) is 0 Å². The highest BCUT2D eigenvalue weighted by atomic mass is 32.2. The van der Waals surface area contributed by atoms with Gasteiger partial charge in [0.15, 0.2) is 5.25 Å². The highest BCUT2D eigenvalue weighted by Crippen LogP contribution is 2.01. The molecule has 0 radical (unpaired) electrons. The van der Waals surface area contributed by atoms with Gasteiger partial charge in [0.1, 0.15) is 0 Å². The standard InChI is InChI=1S/C7H15N3O3S/c1-8-6(11)5(14(4)9-13)7(12)10(2)3/h5,13H,1-4H3,(H,8,11). The van der Waals surface area contributed by atoms with Crippen LogP contribution in [-0.4, -0.2) is 54.6 Å². The van der Waals surface area contributed by atoms with Crippen LogP contribution >= 0.6 is 0 Å². The van der Waals surface area contributed by atoms with Crippen molar-refractivity contribution < 1.29 is 14.8 Å². The summed E-state index contributed by atoms with van der Waals surface area (Å²) >= 11 is 0. The SMILES string of the molecule is CNC(=O)C(C(=O)N(C)C)S(C)=NO. The number of rotatable bonds is 3. The number of hydrogen-bond donors (Lipinski definition) is 2. The lowest BCUT2D eigenvalue weighted by Gasteiger charge is -2.18. The average molecular weight is 221 g/mol. The van der Waals surface area contributed by atoms with Gasteiger partial charge in [0.05, 0.1) is 0 Å². The summed E-state index contributed by atoms with van der Waals surface area (Å²) < 4.78 is 2.98. The molecular formula is C7H15N3O3S. The van der Waals surface area contributed by atoms with Crippen LogP contribution < -0.4 is 5.32 Å². The minimum absolute atomic E-state index is 0.368. The molecule has 0 saturated carbocycles. The van der Waals surface area contributed by atoms with E-state index < -0.39 is 21.8 Å². The Hall–Kier alpha value is -0.950. The largest absolute Gasteiger partial charge is 0.358 e. The van der Waals surface area contributed by atoms with Gasteiger partial charge in [-0.05, 0) is 16.9 Å². The molecule has 0 aliphatic heterocycles. The molecule has 0 aliphatic rings. The molecule has 2 atom stereocenters. The molecule has 0 aromatic carbocycles. The number of hydrogen-bond acceptors (Lipinski definition) is 3. The summed E-state index contributed by atoms with van der Waals surface area (Å²) in [5.41, 5.74) is 0. The van der Waals surface area contributed by atoms with E-state index in [-0.39, 0.29) is 5.91 Å². The average Bonchev–Trinajstić information content (AvgIpc) is 2.16. The van der Waals surface area contributed by atoms with Gasteiger partial charge >= 0.3 is 0 Å². The Balaban J connectivity index is 4.92. The molecule has 82 valence electrons. The fourth-order valence-electron chi connectivity index (χ4n) is 0.826. The summed E-state index contributed by atoms with van der Waals surface area (Å²) in [6, 6.07) is 0. The second-order valence-electron chi connectivity index (χ2n) is 2.83. The fraction of sp³-hybridized carbons (Fsp3) is 0.714. The van der Waals surface area contributed by atoms with E-state index in [2.05, 4.69) is 9.84 Å². The van der Waals surface area contributed by atoms with E-state index in [9.17, 15) is 9.59 Å². The van der Waals surface area contributed by atoms with Crippen LogP contribution in [0.25, 0.3) is 0 Å². The van der Waals surface area contributed by atoms with E-state index in [0.717, 1.165) is 0 Å². The zero-order valence-corrected chi connectivity index (χ0v) is 9.46. The van der Waals surface area contributed by atoms with Gasteiger partial charge in [0, 0.05) is 21.1 Å². The van der Waals surface area contributed by atoms with Crippen LogP contribution in [0.5, 0.6) is 0 Å². The van der Waals surface area contributed by atoms with Crippen molar-refractivity contribution in [1.82, 2.24) is 10.2 Å². The van der Waals surface area contributed by atoms with Crippen molar-refractivity contribution in [2.24, 2.45) is 4.53 Å². The fourth-order valence-corrected chi connectivity index (χ4v) is 1.85. The maximum absolute atomic E-state index is 11.5. The van der Waals surface area contributed by atoms with Crippen molar-refractivity contribution in [3.05, 3.63) is 0 Å². The van der Waals surface area contributed by atoms with Crippen LogP contribution in [0.4, 0.5) is 0 Å². The van der Waals surface area contributed by atoms with Gasteiger partial charge in [0.25, 0.3) is 0 Å². The minimum Gasteiger partial charge on any atom is -0.358 e. The normalized spacial score (nSPS) is 14.6. The van der Waals surface area contributed by atoms with Crippen molar-refractivity contribution in [2.45, 2.75) is 5.25 Å². The monoisotopic (exact) mass is 221 g/mol. The number of amides is 2. The van der Waals surface area contributed by atoms with Crippen molar-refractivity contribution in [3.63, 3.8) is 0 Å². The van der Waals surface area contributed by atoms with Gasteiger partial charge in [0.2, 0.25) is 11.8 Å². The topological polar surface area (TPSA) is 82.0 Å². The minimum atomic E-state index is -1.02. The van der Waals surface area contributed by atoms with E-state index in [1.165, 1.54) is 18.2 Å². The first-order valence-corrected chi connectivity index (χ1v) is 5.53. The quantitative estimate of drug-likeness (QED) is 0.474. The molecule has 0 bridgehead atoms. The van der Waals surface area contributed by atoms with Crippen molar-refractivity contribution in [3.8, 4) is 0 Å². The summed E-state index contributed by atoms with van der Waals surface area (Å²) in [6.45, 7) is 0. The molecule has 0 aliphatic carbocycles. The second-order valence-corrected chi connectivity index (χ2v) is 4.51. The third-order valence-electron chi connectivity index (χ3n) is 1.62. The molecule has 0 saturated heterocycles. The molecule has 0 aromatic rings. The number of carbonyl (C=O) groups excluding carboxylic acids is 2. The lowest BCUT2D eigenvalue weighted by Crippen LogP contribution is -2.46. The van der Waals surface area contributed by atoms with Crippen LogP contribution in [0.15, 0.2) is 4.53 Å². The van der Waals surface area contributed by atoms with Crippen LogP contribution in [-0.2, 0) is 20.3 Å². The third-order valence-corrected chi connectivity index (χ3v) is 2.98. The number of nitrogens with zero attached hydrogens (tertiary/aromatic N) is 2. The lowest BCUT2D eigenvalue weighted by atomic mass is 10.3. The number of carbonyl (C=O) groups is 2. The second kappa shape index (κ2) is 5.71. The molecular weight excluding hydrogens is 206 g/mol. The molecule has 0 heterocycles. The Bertz CT molecular complexity index is 265. The molecule has 0 spiro atoms. The molecule has 2 unspecified atom stereocenters. The first kappa shape index (κ1) is 13.1. The Morgan fingerprint density at radius 1 is 1.50 bits per heavy atom. The van der Waals surface area contributed by atoms with Gasteiger partial charge in [-0.15, -0.1) is 4.53 Å². The molecule has 2 amide bonds. The lowest BCUT2D eigenvalue weighted by molar-refractivity contribution is -0.133. The predicted molar refractivity (Wildman–Crippen MR) is 54.1 cm³/mol. The first-order valence-electron chi connectivity index (χ1n) is 3.88. The molecule has 0 fully saturated rings. The van der Waals surface area contributed by atoms with Gasteiger partial charge in [-0.3, -0.25) is 14.8 Å². The van der Waals surface area contributed by atoms with E-state index in [1.807, 2.05) is 0 Å². The Kier molecular flexibility index (Phi) is 5.32. The van der Waals surface area contributed by atoms with Crippen LogP contribution in [0.2, 0.25) is 0 Å². The highest BCUT2D eigenvalue weighted by molar-refractivity contribution is 7.88. The summed E-state index contributed by atoms with van der Waals surface area (Å²) in [4.78, 5) is 24.2. The smallest absolute Gasteiger partial charge is 0.245 e. The molecule has 0 rings (SSSR count). The molecule has 6 nitrogen and oxygen atoms in total. The van der Waals surface area contributed by atoms with E-state index in [1.54, 1.807) is 14.1 Å². The van der Waals surface area contributed by atoms with Crippen LogP contribution in [0.1, 0.15) is 0 Å². The molecule has 14 heavy (non-hydrogen) atoms. The van der Waals surface area contributed by atoms with E-state index >= 15 is 0 Å². The van der Waals surface area contributed by atoms with Crippen molar-refractivity contribution in [1.29, 1.82) is 0 Å². The predicted octanol–water partition coefficient (Wildman–Crippen LogP) is -0.990. The Morgan fingerprint density at radius 2 is 2.00 bits per heavy atom. The number of nitrogens with one attached hydrogen (secondary N) is 1. The summed E-state index contributed by atoms with van der Waals surface area (Å²) in [5.74, 6) is -0.805.